The zero-order valence-corrected chi connectivity index (χ0v) is 12.4. The molecule has 1 aliphatic heterocycles. The average molecular weight is 279 g/mol. The van der Waals surface area contributed by atoms with E-state index < -0.39 is 5.82 Å². The van der Waals surface area contributed by atoms with Gasteiger partial charge in [-0.1, -0.05) is 19.9 Å². The molecule has 2 atom stereocenters. The minimum atomic E-state index is -0.489. The van der Waals surface area contributed by atoms with Crippen LogP contribution in [0.25, 0.3) is 0 Å². The number of piperidine rings is 1. The number of para-hydroxylation sites is 1. The van der Waals surface area contributed by atoms with E-state index in [4.69, 9.17) is 4.74 Å². The van der Waals surface area contributed by atoms with E-state index >= 15 is 0 Å². The van der Waals surface area contributed by atoms with Crippen molar-refractivity contribution in [3.63, 3.8) is 0 Å². The van der Waals surface area contributed by atoms with Gasteiger partial charge in [-0.3, -0.25) is 4.79 Å². The molecular formula is C16H22FNO2. The van der Waals surface area contributed by atoms with E-state index in [1.807, 2.05) is 4.90 Å². The van der Waals surface area contributed by atoms with Crippen molar-refractivity contribution in [1.82, 2.24) is 4.90 Å². The number of carbonyl (C=O) groups is 1. The van der Waals surface area contributed by atoms with Gasteiger partial charge in [0.2, 0.25) is 0 Å². The number of methoxy groups -OCH3 is 1. The van der Waals surface area contributed by atoms with Crippen LogP contribution in [0.1, 0.15) is 43.5 Å². The molecule has 0 saturated carbocycles. The van der Waals surface area contributed by atoms with Gasteiger partial charge in [-0.05, 0) is 37.3 Å². The molecule has 0 radical (unpaired) electrons. The monoisotopic (exact) mass is 279 g/mol. The summed E-state index contributed by atoms with van der Waals surface area (Å²) < 4.78 is 18.8. The first-order chi connectivity index (χ1) is 9.60. The third kappa shape index (κ3) is 2.65. The van der Waals surface area contributed by atoms with Crippen molar-refractivity contribution < 1.29 is 13.9 Å². The highest BCUT2D eigenvalue weighted by atomic mass is 19.1. The molecule has 0 bridgehead atoms. The Kier molecular flexibility index (Phi) is 4.63. The summed E-state index contributed by atoms with van der Waals surface area (Å²) in [6.07, 6.45) is 3.06. The van der Waals surface area contributed by atoms with Gasteiger partial charge in [0.25, 0.3) is 5.91 Å². The predicted molar refractivity (Wildman–Crippen MR) is 76.5 cm³/mol. The van der Waals surface area contributed by atoms with Crippen molar-refractivity contribution in [2.24, 2.45) is 5.92 Å². The van der Waals surface area contributed by atoms with Gasteiger partial charge in [0.1, 0.15) is 0 Å². The number of amides is 1. The maximum Gasteiger partial charge on any atom is 0.257 e. The number of ether oxygens (including phenoxy) is 1. The highest BCUT2D eigenvalue weighted by molar-refractivity contribution is 5.97. The number of rotatable bonds is 3. The minimum Gasteiger partial charge on any atom is -0.493 e. The van der Waals surface area contributed by atoms with Gasteiger partial charge < -0.3 is 9.64 Å². The second kappa shape index (κ2) is 6.25. The number of hydrogen-bond acceptors (Lipinski definition) is 2. The topological polar surface area (TPSA) is 29.5 Å². The fourth-order valence-corrected chi connectivity index (χ4v) is 3.16. The molecule has 110 valence electrons. The molecule has 0 aliphatic carbocycles. The quantitative estimate of drug-likeness (QED) is 0.847. The van der Waals surface area contributed by atoms with Crippen LogP contribution < -0.4 is 4.74 Å². The van der Waals surface area contributed by atoms with E-state index in [1.54, 1.807) is 12.1 Å². The van der Waals surface area contributed by atoms with Crippen LogP contribution in [0.3, 0.4) is 0 Å². The molecule has 3 nitrogen and oxygen atoms in total. The lowest BCUT2D eigenvalue weighted by atomic mass is 9.88. The second-order valence-electron chi connectivity index (χ2n) is 5.41. The van der Waals surface area contributed by atoms with E-state index in [-0.39, 0.29) is 17.7 Å². The van der Waals surface area contributed by atoms with E-state index in [0.717, 1.165) is 25.8 Å². The largest absolute Gasteiger partial charge is 0.493 e. The molecule has 2 rings (SSSR count). The Morgan fingerprint density at radius 2 is 2.25 bits per heavy atom. The zero-order valence-electron chi connectivity index (χ0n) is 12.4. The van der Waals surface area contributed by atoms with E-state index in [1.165, 1.54) is 13.2 Å². The number of nitrogens with zero attached hydrogens (tertiary/aromatic N) is 1. The predicted octanol–water partition coefficient (Wildman–Crippen LogP) is 3.49. The average Bonchev–Trinajstić information content (AvgIpc) is 2.46. The van der Waals surface area contributed by atoms with E-state index in [0.29, 0.717) is 11.5 Å². The van der Waals surface area contributed by atoms with Gasteiger partial charge in [-0.2, -0.15) is 0 Å². The summed E-state index contributed by atoms with van der Waals surface area (Å²) >= 11 is 0. The highest BCUT2D eigenvalue weighted by Gasteiger charge is 2.32. The maximum atomic E-state index is 13.7. The second-order valence-corrected chi connectivity index (χ2v) is 5.41. The molecule has 1 aliphatic rings. The van der Waals surface area contributed by atoms with E-state index in [9.17, 15) is 9.18 Å². The highest BCUT2D eigenvalue weighted by Crippen LogP contribution is 2.30. The molecular weight excluding hydrogens is 257 g/mol. The van der Waals surface area contributed by atoms with Crippen LogP contribution in [0, 0.1) is 11.7 Å². The zero-order chi connectivity index (χ0) is 14.7. The van der Waals surface area contributed by atoms with Gasteiger partial charge in [0.15, 0.2) is 11.6 Å². The van der Waals surface area contributed by atoms with Crippen LogP contribution in [-0.2, 0) is 0 Å². The summed E-state index contributed by atoms with van der Waals surface area (Å²) in [5.41, 5.74) is 0.319. The Morgan fingerprint density at radius 3 is 2.90 bits per heavy atom. The van der Waals surface area contributed by atoms with Gasteiger partial charge in [0.05, 0.1) is 12.7 Å². The summed E-state index contributed by atoms with van der Waals surface area (Å²) in [5.74, 6) is -0.0842. The fourth-order valence-electron chi connectivity index (χ4n) is 3.16. The molecule has 1 amide bonds. The lowest BCUT2D eigenvalue weighted by Gasteiger charge is -2.39. The first-order valence-electron chi connectivity index (χ1n) is 7.23. The molecule has 0 aromatic heterocycles. The van der Waals surface area contributed by atoms with Crippen LogP contribution in [0.5, 0.6) is 5.75 Å². The SMILES string of the molecule is CCC1C(C)CCCN1C(=O)c1cccc(F)c1OC. The number of hydrogen-bond donors (Lipinski definition) is 0. The lowest BCUT2D eigenvalue weighted by molar-refractivity contribution is 0.0505. The van der Waals surface area contributed by atoms with Crippen LogP contribution in [0.2, 0.25) is 0 Å². The first-order valence-corrected chi connectivity index (χ1v) is 7.23. The Bertz CT molecular complexity index is 489. The van der Waals surface area contributed by atoms with Crippen molar-refractivity contribution in [2.45, 2.75) is 39.2 Å². The fraction of sp³-hybridized carbons (Fsp3) is 0.562. The van der Waals surface area contributed by atoms with Crippen molar-refractivity contribution in [3.8, 4) is 5.75 Å². The Balaban J connectivity index is 2.33. The number of halogens is 1. The van der Waals surface area contributed by atoms with Gasteiger partial charge in [-0.25, -0.2) is 4.39 Å². The Morgan fingerprint density at radius 1 is 1.50 bits per heavy atom. The summed E-state index contributed by atoms with van der Waals surface area (Å²) in [6.45, 7) is 5.01. The van der Waals surface area contributed by atoms with Crippen LogP contribution in [-0.4, -0.2) is 30.5 Å². The molecule has 1 fully saturated rings. The normalized spacial score (nSPS) is 22.7. The molecule has 1 aromatic rings. The number of likely N-dealkylation sites (tertiary alicyclic amines) is 1. The standard InChI is InChI=1S/C16H22FNO2/c1-4-14-11(2)7-6-10-18(14)16(19)12-8-5-9-13(17)15(12)20-3/h5,8-9,11,14H,4,6-7,10H2,1-3H3. The molecule has 1 heterocycles. The van der Waals surface area contributed by atoms with Gasteiger partial charge >= 0.3 is 0 Å². The van der Waals surface area contributed by atoms with Gasteiger partial charge in [-0.15, -0.1) is 0 Å². The van der Waals surface area contributed by atoms with Crippen molar-refractivity contribution in [1.29, 1.82) is 0 Å². The van der Waals surface area contributed by atoms with Crippen molar-refractivity contribution in [3.05, 3.63) is 29.6 Å². The molecule has 1 aromatic carbocycles. The third-order valence-electron chi connectivity index (χ3n) is 4.20. The Labute approximate surface area is 119 Å². The van der Waals surface area contributed by atoms with E-state index in [2.05, 4.69) is 13.8 Å². The lowest BCUT2D eigenvalue weighted by Crippen LogP contribution is -2.47. The molecule has 1 saturated heterocycles. The molecule has 0 spiro atoms. The molecule has 0 N–H and O–H groups in total. The summed E-state index contributed by atoms with van der Waals surface area (Å²) in [6, 6.07) is 4.73. The van der Waals surface area contributed by atoms with Crippen LogP contribution in [0.15, 0.2) is 18.2 Å². The van der Waals surface area contributed by atoms with Crippen LogP contribution >= 0.6 is 0 Å². The van der Waals surface area contributed by atoms with Crippen molar-refractivity contribution >= 4 is 5.91 Å². The molecule has 20 heavy (non-hydrogen) atoms. The Hall–Kier alpha value is -1.58. The summed E-state index contributed by atoms with van der Waals surface area (Å²) in [4.78, 5) is 14.6. The van der Waals surface area contributed by atoms with Crippen molar-refractivity contribution in [2.75, 3.05) is 13.7 Å². The minimum absolute atomic E-state index is 0.0468. The molecule has 4 heteroatoms. The van der Waals surface area contributed by atoms with Gasteiger partial charge in [0, 0.05) is 12.6 Å². The molecule has 2 unspecified atom stereocenters. The number of benzene rings is 1. The maximum absolute atomic E-state index is 13.7. The summed E-state index contributed by atoms with van der Waals surface area (Å²) in [5, 5.41) is 0. The third-order valence-corrected chi connectivity index (χ3v) is 4.20. The smallest absolute Gasteiger partial charge is 0.257 e. The first kappa shape index (κ1) is 14.8. The summed E-state index contributed by atoms with van der Waals surface area (Å²) in [7, 11) is 1.39. The number of carbonyl (C=O) groups excluding carboxylic acids is 1. The van der Waals surface area contributed by atoms with Crippen LogP contribution in [0.4, 0.5) is 4.39 Å².